The number of halogens is 4. The molecular formula is C14H8BrCl2IO2. The number of carbonyl (C=O) groups excluding carboxylic acids is 1. The molecule has 0 spiro atoms. The van der Waals surface area contributed by atoms with Gasteiger partial charge in [-0.3, -0.25) is 4.79 Å². The topological polar surface area (TPSA) is 26.3 Å². The highest BCUT2D eigenvalue weighted by molar-refractivity contribution is 14.1. The molecule has 20 heavy (non-hydrogen) atoms. The first kappa shape index (κ1) is 16.1. The van der Waals surface area contributed by atoms with Crippen LogP contribution in [0.5, 0.6) is 5.75 Å². The van der Waals surface area contributed by atoms with Gasteiger partial charge in [0.05, 0.1) is 5.02 Å². The number of hydrogen-bond donors (Lipinski definition) is 0. The number of Topliss-reactive ketones (excluding diaryl/α,β-unsaturated/α-hetero) is 1. The van der Waals surface area contributed by atoms with Gasteiger partial charge < -0.3 is 4.74 Å². The molecule has 0 aliphatic heterocycles. The Morgan fingerprint density at radius 3 is 2.40 bits per heavy atom. The molecular weight excluding hydrogens is 478 g/mol. The highest BCUT2D eigenvalue weighted by atomic mass is 127. The fourth-order valence-corrected chi connectivity index (χ4v) is 2.82. The fraction of sp³-hybridized carbons (Fsp3) is 0.0714. The second-order valence-electron chi connectivity index (χ2n) is 3.88. The van der Waals surface area contributed by atoms with E-state index in [2.05, 4.69) is 38.5 Å². The Labute approximate surface area is 148 Å². The van der Waals surface area contributed by atoms with Crippen molar-refractivity contribution in [2.45, 2.75) is 5.01 Å². The van der Waals surface area contributed by atoms with E-state index in [0.717, 1.165) is 3.57 Å². The lowest BCUT2D eigenvalue weighted by Crippen LogP contribution is -2.21. The first-order valence-electron chi connectivity index (χ1n) is 5.53. The minimum Gasteiger partial charge on any atom is -0.471 e. The maximum atomic E-state index is 12.2. The molecule has 2 nitrogen and oxygen atoms in total. The Morgan fingerprint density at radius 1 is 1.15 bits per heavy atom. The van der Waals surface area contributed by atoms with Crippen LogP contribution in [0, 0.1) is 3.57 Å². The summed E-state index contributed by atoms with van der Waals surface area (Å²) in [6.07, 6.45) is 0. The van der Waals surface area contributed by atoms with Gasteiger partial charge in [-0.15, -0.1) is 0 Å². The molecule has 2 aromatic carbocycles. The van der Waals surface area contributed by atoms with Gasteiger partial charge in [-0.1, -0.05) is 23.2 Å². The van der Waals surface area contributed by atoms with Gasteiger partial charge in [-0.05, 0) is 81.0 Å². The quantitative estimate of drug-likeness (QED) is 0.321. The third kappa shape index (κ3) is 4.10. The normalized spacial score (nSPS) is 12.0. The molecule has 104 valence electrons. The summed E-state index contributed by atoms with van der Waals surface area (Å²) in [6.45, 7) is 0. The molecule has 6 heteroatoms. The van der Waals surface area contributed by atoms with Gasteiger partial charge in [0, 0.05) is 14.2 Å². The average molecular weight is 486 g/mol. The van der Waals surface area contributed by atoms with E-state index >= 15 is 0 Å². The molecule has 0 bridgehead atoms. The van der Waals surface area contributed by atoms with Crippen LogP contribution in [0.1, 0.15) is 10.4 Å². The maximum absolute atomic E-state index is 12.2. The minimum absolute atomic E-state index is 0.259. The van der Waals surface area contributed by atoms with Crippen molar-refractivity contribution in [2.75, 3.05) is 0 Å². The molecule has 0 aliphatic carbocycles. The second kappa shape index (κ2) is 7.11. The van der Waals surface area contributed by atoms with Crippen LogP contribution in [0.3, 0.4) is 0 Å². The SMILES string of the molecule is O=C(c1ccc(Cl)cc1Cl)C(Br)Oc1ccc(I)cc1. The molecule has 0 heterocycles. The van der Waals surface area contributed by atoms with Gasteiger partial charge in [0.25, 0.3) is 0 Å². The first-order valence-corrected chi connectivity index (χ1v) is 8.28. The number of benzene rings is 2. The zero-order valence-corrected chi connectivity index (χ0v) is 15.2. The van der Waals surface area contributed by atoms with Crippen molar-refractivity contribution >= 4 is 67.5 Å². The highest BCUT2D eigenvalue weighted by Gasteiger charge is 2.21. The summed E-state index contributed by atoms with van der Waals surface area (Å²) < 4.78 is 6.63. The largest absolute Gasteiger partial charge is 0.471 e. The zero-order chi connectivity index (χ0) is 14.7. The van der Waals surface area contributed by atoms with Crippen molar-refractivity contribution in [2.24, 2.45) is 0 Å². The monoisotopic (exact) mass is 484 g/mol. The van der Waals surface area contributed by atoms with Crippen LogP contribution in [0.15, 0.2) is 42.5 Å². The van der Waals surface area contributed by atoms with E-state index in [1.165, 1.54) is 6.07 Å². The highest BCUT2D eigenvalue weighted by Crippen LogP contribution is 2.25. The number of rotatable bonds is 4. The molecule has 0 N–H and O–H groups in total. The van der Waals surface area contributed by atoms with Crippen LogP contribution >= 0.6 is 61.7 Å². The van der Waals surface area contributed by atoms with Crippen LogP contribution < -0.4 is 4.74 Å². The minimum atomic E-state index is -0.804. The zero-order valence-electron chi connectivity index (χ0n) is 9.95. The van der Waals surface area contributed by atoms with E-state index < -0.39 is 5.01 Å². The summed E-state index contributed by atoms with van der Waals surface area (Å²) in [5.74, 6) is 0.343. The number of ketones is 1. The van der Waals surface area contributed by atoms with Gasteiger partial charge in [0.15, 0.2) is 0 Å². The maximum Gasteiger partial charge on any atom is 0.215 e. The summed E-state index contributed by atoms with van der Waals surface area (Å²) in [5.41, 5.74) is 0.364. The molecule has 0 saturated heterocycles. The lowest BCUT2D eigenvalue weighted by Gasteiger charge is -2.13. The smallest absolute Gasteiger partial charge is 0.215 e. The van der Waals surface area contributed by atoms with E-state index in [9.17, 15) is 4.79 Å². The Kier molecular flexibility index (Phi) is 5.72. The molecule has 2 rings (SSSR count). The van der Waals surface area contributed by atoms with Crippen LogP contribution in [0.2, 0.25) is 10.0 Å². The molecule has 2 aromatic rings. The molecule has 0 radical (unpaired) electrons. The predicted molar refractivity (Wildman–Crippen MR) is 93.3 cm³/mol. The van der Waals surface area contributed by atoms with E-state index in [1.54, 1.807) is 24.3 Å². The fourth-order valence-electron chi connectivity index (χ4n) is 1.50. The van der Waals surface area contributed by atoms with Gasteiger partial charge >= 0.3 is 0 Å². The van der Waals surface area contributed by atoms with Crippen LogP contribution in [0.4, 0.5) is 0 Å². The molecule has 0 amide bonds. The van der Waals surface area contributed by atoms with Gasteiger partial charge in [-0.25, -0.2) is 0 Å². The van der Waals surface area contributed by atoms with Gasteiger partial charge in [0.1, 0.15) is 5.75 Å². The Balaban J connectivity index is 2.14. The van der Waals surface area contributed by atoms with Crippen molar-refractivity contribution in [1.29, 1.82) is 0 Å². The van der Waals surface area contributed by atoms with Gasteiger partial charge in [-0.2, -0.15) is 0 Å². The second-order valence-corrected chi connectivity index (χ2v) is 6.80. The summed E-state index contributed by atoms with van der Waals surface area (Å²) in [4.78, 5) is 12.2. The third-order valence-electron chi connectivity index (χ3n) is 2.46. The summed E-state index contributed by atoms with van der Waals surface area (Å²) in [5, 5.41) is -0.0179. The molecule has 0 aromatic heterocycles. The van der Waals surface area contributed by atoms with Crippen LogP contribution in [-0.2, 0) is 0 Å². The molecule has 0 aliphatic rings. The predicted octanol–water partition coefficient (Wildman–Crippen LogP) is 5.58. The first-order chi connectivity index (χ1) is 9.47. The summed E-state index contributed by atoms with van der Waals surface area (Å²) >= 11 is 17.2. The van der Waals surface area contributed by atoms with Crippen molar-refractivity contribution < 1.29 is 9.53 Å². The number of ether oxygens (including phenoxy) is 1. The van der Waals surface area contributed by atoms with E-state index in [1.807, 2.05) is 12.1 Å². The number of hydrogen-bond acceptors (Lipinski definition) is 2. The third-order valence-corrected chi connectivity index (χ3v) is 4.33. The molecule has 0 saturated carbocycles. The average Bonchev–Trinajstić information content (AvgIpc) is 2.40. The van der Waals surface area contributed by atoms with Gasteiger partial charge in [0.2, 0.25) is 10.8 Å². The van der Waals surface area contributed by atoms with Crippen LogP contribution in [-0.4, -0.2) is 10.8 Å². The molecule has 1 unspecified atom stereocenters. The van der Waals surface area contributed by atoms with Crippen molar-refractivity contribution in [3.8, 4) is 5.75 Å². The molecule has 0 fully saturated rings. The van der Waals surface area contributed by atoms with Crippen LogP contribution in [0.25, 0.3) is 0 Å². The lowest BCUT2D eigenvalue weighted by molar-refractivity contribution is 0.0897. The number of alkyl halides is 1. The summed E-state index contributed by atoms with van der Waals surface area (Å²) in [6, 6.07) is 12.1. The lowest BCUT2D eigenvalue weighted by atomic mass is 10.1. The standard InChI is InChI=1S/C14H8BrCl2IO2/c15-14(20-10-4-2-9(18)3-5-10)13(19)11-6-1-8(16)7-12(11)17/h1-7,14H. The Morgan fingerprint density at radius 2 is 1.80 bits per heavy atom. The van der Waals surface area contributed by atoms with Crippen molar-refractivity contribution in [3.63, 3.8) is 0 Å². The summed E-state index contributed by atoms with van der Waals surface area (Å²) in [7, 11) is 0. The Bertz CT molecular complexity index is 632. The molecule has 1 atom stereocenters. The van der Waals surface area contributed by atoms with Crippen molar-refractivity contribution in [3.05, 3.63) is 61.6 Å². The Hall–Kier alpha value is -0.300. The van der Waals surface area contributed by atoms with Crippen molar-refractivity contribution in [1.82, 2.24) is 0 Å². The van der Waals surface area contributed by atoms with E-state index in [0.29, 0.717) is 21.4 Å². The number of carbonyl (C=O) groups is 1. The van der Waals surface area contributed by atoms with E-state index in [-0.39, 0.29) is 5.78 Å². The van der Waals surface area contributed by atoms with E-state index in [4.69, 9.17) is 27.9 Å².